The van der Waals surface area contributed by atoms with Gasteiger partial charge in [-0.1, -0.05) is 29.5 Å². The predicted octanol–water partition coefficient (Wildman–Crippen LogP) is 1.76. The molecule has 3 rings (SSSR count). The van der Waals surface area contributed by atoms with Gasteiger partial charge in [0.05, 0.1) is 30.9 Å². The van der Waals surface area contributed by atoms with Crippen molar-refractivity contribution in [2.75, 3.05) is 7.11 Å². The number of para-hydroxylation sites is 1. The largest absolute Gasteiger partial charge is 0.465 e. The molecule has 0 spiro atoms. The summed E-state index contributed by atoms with van der Waals surface area (Å²) in [5.74, 6) is -0.630. The van der Waals surface area contributed by atoms with Crippen molar-refractivity contribution >= 4 is 29.1 Å². The molecule has 0 saturated heterocycles. The Balaban J connectivity index is 1.50. The second-order valence-electron chi connectivity index (χ2n) is 5.46. The molecule has 3 aromatic rings. The summed E-state index contributed by atoms with van der Waals surface area (Å²) in [6.45, 7) is 0.412. The number of carbonyl (C=O) groups excluding carboxylic acids is 2. The van der Waals surface area contributed by atoms with Crippen LogP contribution < -0.4 is 5.43 Å². The number of amides is 1. The number of hydrogen-bond donors (Lipinski definition) is 1. The minimum Gasteiger partial charge on any atom is -0.465 e. The molecule has 0 aliphatic rings. The van der Waals surface area contributed by atoms with E-state index in [9.17, 15) is 9.59 Å². The summed E-state index contributed by atoms with van der Waals surface area (Å²) in [5.41, 5.74) is 5.35. The minimum absolute atomic E-state index is 0.228. The van der Waals surface area contributed by atoms with E-state index in [1.54, 1.807) is 28.9 Å². The van der Waals surface area contributed by atoms with Crippen LogP contribution in [0.15, 0.2) is 53.6 Å². The summed E-state index contributed by atoms with van der Waals surface area (Å²) in [4.78, 5) is 23.3. The van der Waals surface area contributed by atoms with Gasteiger partial charge in [0.2, 0.25) is 5.91 Å². The lowest BCUT2D eigenvalue weighted by Gasteiger charge is -2.02. The quantitative estimate of drug-likeness (QED) is 0.414. The van der Waals surface area contributed by atoms with Gasteiger partial charge in [-0.05, 0) is 29.8 Å². The Morgan fingerprint density at radius 2 is 1.96 bits per heavy atom. The Kier molecular flexibility index (Phi) is 5.33. The maximum absolute atomic E-state index is 11.9. The van der Waals surface area contributed by atoms with Gasteiger partial charge in [0.1, 0.15) is 5.52 Å². The van der Waals surface area contributed by atoms with Crippen molar-refractivity contribution in [2.24, 2.45) is 5.10 Å². The van der Waals surface area contributed by atoms with Gasteiger partial charge in [0, 0.05) is 6.42 Å². The first kappa shape index (κ1) is 17.3. The number of aromatic nitrogens is 3. The molecular formula is C18H17N5O3. The van der Waals surface area contributed by atoms with Crippen LogP contribution in [-0.4, -0.2) is 40.2 Å². The van der Waals surface area contributed by atoms with E-state index >= 15 is 0 Å². The van der Waals surface area contributed by atoms with E-state index in [0.717, 1.165) is 16.6 Å². The van der Waals surface area contributed by atoms with Crippen LogP contribution in [0.1, 0.15) is 22.3 Å². The number of aryl methyl sites for hydroxylation is 1. The zero-order valence-electron chi connectivity index (χ0n) is 14.1. The number of nitrogens with one attached hydrogen (secondary N) is 1. The second kappa shape index (κ2) is 8.02. The van der Waals surface area contributed by atoms with Crippen molar-refractivity contribution in [3.63, 3.8) is 0 Å². The number of ether oxygens (including phenoxy) is 1. The molecule has 0 fully saturated rings. The molecule has 132 valence electrons. The van der Waals surface area contributed by atoms with Crippen LogP contribution in [-0.2, 0) is 16.1 Å². The normalized spacial score (nSPS) is 11.0. The van der Waals surface area contributed by atoms with Crippen molar-refractivity contribution in [1.82, 2.24) is 20.4 Å². The van der Waals surface area contributed by atoms with Crippen LogP contribution in [0.4, 0.5) is 0 Å². The van der Waals surface area contributed by atoms with E-state index in [4.69, 9.17) is 0 Å². The van der Waals surface area contributed by atoms with E-state index in [0.29, 0.717) is 12.1 Å². The third kappa shape index (κ3) is 4.10. The fourth-order valence-corrected chi connectivity index (χ4v) is 2.35. The maximum atomic E-state index is 11.9. The van der Waals surface area contributed by atoms with Crippen LogP contribution in [0.5, 0.6) is 0 Å². The third-order valence-electron chi connectivity index (χ3n) is 3.71. The van der Waals surface area contributed by atoms with E-state index in [1.807, 2.05) is 24.3 Å². The molecule has 1 heterocycles. The Hall–Kier alpha value is -3.55. The molecule has 0 aliphatic carbocycles. The highest BCUT2D eigenvalue weighted by atomic mass is 16.5. The fraction of sp³-hybridized carbons (Fsp3) is 0.167. The van der Waals surface area contributed by atoms with Gasteiger partial charge in [-0.15, -0.1) is 5.10 Å². The fourth-order valence-electron chi connectivity index (χ4n) is 2.35. The molecule has 0 atom stereocenters. The highest BCUT2D eigenvalue weighted by molar-refractivity contribution is 5.90. The summed E-state index contributed by atoms with van der Waals surface area (Å²) in [7, 11) is 1.33. The van der Waals surface area contributed by atoms with Gasteiger partial charge in [-0.2, -0.15) is 5.10 Å². The Morgan fingerprint density at radius 3 is 2.73 bits per heavy atom. The Labute approximate surface area is 149 Å². The SMILES string of the molecule is COC(=O)c1ccc(C=NNC(=O)CCn2nnc3ccccc32)cc1. The van der Waals surface area contributed by atoms with Crippen molar-refractivity contribution in [3.8, 4) is 0 Å². The Bertz CT molecular complexity index is 947. The molecule has 0 aliphatic heterocycles. The highest BCUT2D eigenvalue weighted by Crippen LogP contribution is 2.09. The second-order valence-corrected chi connectivity index (χ2v) is 5.46. The Morgan fingerprint density at radius 1 is 1.19 bits per heavy atom. The first-order valence-electron chi connectivity index (χ1n) is 7.96. The number of nitrogens with zero attached hydrogens (tertiary/aromatic N) is 4. The molecular weight excluding hydrogens is 334 g/mol. The zero-order valence-corrected chi connectivity index (χ0v) is 14.1. The third-order valence-corrected chi connectivity index (χ3v) is 3.71. The number of esters is 1. The van der Waals surface area contributed by atoms with Gasteiger partial charge in [0.25, 0.3) is 0 Å². The number of hydrogen-bond acceptors (Lipinski definition) is 6. The molecule has 0 radical (unpaired) electrons. The number of benzene rings is 2. The van der Waals surface area contributed by atoms with Gasteiger partial charge < -0.3 is 4.74 Å². The van der Waals surface area contributed by atoms with Crippen LogP contribution in [0, 0.1) is 0 Å². The van der Waals surface area contributed by atoms with E-state index in [-0.39, 0.29) is 12.3 Å². The molecule has 1 amide bonds. The lowest BCUT2D eigenvalue weighted by atomic mass is 10.1. The first-order chi connectivity index (χ1) is 12.7. The van der Waals surface area contributed by atoms with Gasteiger partial charge in [-0.25, -0.2) is 14.9 Å². The zero-order chi connectivity index (χ0) is 18.4. The van der Waals surface area contributed by atoms with Crippen molar-refractivity contribution in [3.05, 3.63) is 59.7 Å². The molecule has 2 aromatic carbocycles. The molecule has 0 saturated carbocycles. The van der Waals surface area contributed by atoms with E-state index in [2.05, 4.69) is 25.6 Å². The number of methoxy groups -OCH3 is 1. The van der Waals surface area contributed by atoms with Crippen LogP contribution in [0.25, 0.3) is 11.0 Å². The summed E-state index contributed by atoms with van der Waals surface area (Å²) < 4.78 is 6.32. The minimum atomic E-state index is -0.401. The van der Waals surface area contributed by atoms with Gasteiger partial charge in [0.15, 0.2) is 0 Å². The lowest BCUT2D eigenvalue weighted by molar-refractivity contribution is -0.121. The number of hydrazone groups is 1. The number of carbonyl (C=O) groups is 2. The van der Waals surface area contributed by atoms with Crippen molar-refractivity contribution in [2.45, 2.75) is 13.0 Å². The van der Waals surface area contributed by atoms with Crippen molar-refractivity contribution in [1.29, 1.82) is 0 Å². The average molecular weight is 351 g/mol. The van der Waals surface area contributed by atoms with Crippen molar-refractivity contribution < 1.29 is 14.3 Å². The predicted molar refractivity (Wildman–Crippen MR) is 95.7 cm³/mol. The lowest BCUT2D eigenvalue weighted by Crippen LogP contribution is -2.19. The van der Waals surface area contributed by atoms with Crippen LogP contribution >= 0.6 is 0 Å². The summed E-state index contributed by atoms with van der Waals surface area (Å²) in [5, 5.41) is 12.0. The number of rotatable bonds is 6. The average Bonchev–Trinajstić information content (AvgIpc) is 3.09. The van der Waals surface area contributed by atoms with E-state index in [1.165, 1.54) is 13.3 Å². The number of fused-ring (bicyclic) bond motifs is 1. The molecule has 8 nitrogen and oxygen atoms in total. The highest BCUT2D eigenvalue weighted by Gasteiger charge is 2.06. The van der Waals surface area contributed by atoms with Crippen LogP contribution in [0.2, 0.25) is 0 Å². The molecule has 1 aromatic heterocycles. The summed E-state index contributed by atoms with van der Waals surface area (Å²) in [6.07, 6.45) is 1.73. The van der Waals surface area contributed by atoms with Gasteiger partial charge >= 0.3 is 5.97 Å². The topological polar surface area (TPSA) is 98.5 Å². The van der Waals surface area contributed by atoms with E-state index < -0.39 is 5.97 Å². The molecule has 0 unspecified atom stereocenters. The molecule has 1 N–H and O–H groups in total. The first-order valence-corrected chi connectivity index (χ1v) is 7.96. The summed E-state index contributed by atoms with van der Waals surface area (Å²) >= 11 is 0. The molecule has 0 bridgehead atoms. The summed E-state index contributed by atoms with van der Waals surface area (Å²) in [6, 6.07) is 14.2. The maximum Gasteiger partial charge on any atom is 0.337 e. The van der Waals surface area contributed by atoms with Gasteiger partial charge in [-0.3, -0.25) is 4.79 Å². The molecule has 8 heteroatoms. The van der Waals surface area contributed by atoms with Crippen LogP contribution in [0.3, 0.4) is 0 Å². The smallest absolute Gasteiger partial charge is 0.337 e. The molecule has 26 heavy (non-hydrogen) atoms. The monoisotopic (exact) mass is 351 g/mol. The standard InChI is InChI=1S/C18H17N5O3/c1-26-18(25)14-8-6-13(7-9-14)12-19-21-17(24)10-11-23-16-5-3-2-4-15(16)20-22-23/h2-9,12H,10-11H2,1H3,(H,21,24).